The van der Waals surface area contributed by atoms with Gasteiger partial charge in [-0.25, -0.2) is 0 Å². The van der Waals surface area contributed by atoms with Crippen molar-refractivity contribution >= 4 is 23.7 Å². The number of carbonyl (C=O) groups is 3. The topological polar surface area (TPSA) is 166 Å². The molecule has 0 aromatic heterocycles. The maximum Gasteiger partial charge on any atom is 0.240 e. The van der Waals surface area contributed by atoms with E-state index in [2.05, 4.69) is 22.5 Å². The molecule has 38 heavy (non-hydrogen) atoms. The molecule has 0 rings (SSSR count). The molecule has 3 amide bonds. The Kier molecular flexibility index (Phi) is 24.7. The lowest BCUT2D eigenvalue weighted by Gasteiger charge is -2.15. The van der Waals surface area contributed by atoms with Crippen molar-refractivity contribution in [2.24, 2.45) is 22.2 Å². The molecule has 0 heterocycles. The molecular formula is C29H58N6O3. The van der Waals surface area contributed by atoms with Gasteiger partial charge in [-0.2, -0.15) is 0 Å². The Morgan fingerprint density at radius 1 is 0.632 bits per heavy atom. The number of nitrogens with two attached hydrogens (primary N) is 3. The molecule has 9 nitrogen and oxygen atoms in total. The predicted octanol–water partition coefficient (Wildman–Crippen LogP) is 4.56. The van der Waals surface area contributed by atoms with Crippen molar-refractivity contribution in [3.8, 4) is 0 Å². The average Bonchev–Trinajstić information content (AvgIpc) is 2.87. The van der Waals surface area contributed by atoms with Gasteiger partial charge in [-0.15, -0.1) is 0 Å². The van der Waals surface area contributed by atoms with E-state index in [1.807, 2.05) is 0 Å². The van der Waals surface area contributed by atoms with Crippen LogP contribution in [0.5, 0.6) is 0 Å². The second-order valence-corrected chi connectivity index (χ2v) is 10.5. The standard InChI is InChI=1S/C29H58N6O3/c1-2-3-4-5-6-7-8-9-10-11-12-13-14-15-16-17-18-21-26(36)33-24-22-27(37)35-25(28(30)38)20-19-23-34-29(31)32/h25H,2-24H2,1H3,(H2,30,38)(H,33,36)(H,35,37)(H4,31,32,34)/t25-/m0/s1. The van der Waals surface area contributed by atoms with E-state index >= 15 is 0 Å². The van der Waals surface area contributed by atoms with Crippen LogP contribution in [0.1, 0.15) is 142 Å². The maximum absolute atomic E-state index is 12.1. The Hall–Kier alpha value is -2.32. The van der Waals surface area contributed by atoms with E-state index in [1.165, 1.54) is 96.3 Å². The summed E-state index contributed by atoms with van der Waals surface area (Å²) in [4.78, 5) is 39.4. The largest absolute Gasteiger partial charge is 0.370 e. The van der Waals surface area contributed by atoms with Crippen molar-refractivity contribution in [3.05, 3.63) is 0 Å². The van der Waals surface area contributed by atoms with Crippen LogP contribution < -0.4 is 27.8 Å². The smallest absolute Gasteiger partial charge is 0.240 e. The molecule has 0 saturated carbocycles. The Labute approximate surface area is 231 Å². The molecule has 222 valence electrons. The molecule has 8 N–H and O–H groups in total. The third kappa shape index (κ3) is 25.3. The number of guanidine groups is 1. The highest BCUT2D eigenvalue weighted by Crippen LogP contribution is 2.14. The maximum atomic E-state index is 12.1. The van der Waals surface area contributed by atoms with Gasteiger partial charge < -0.3 is 27.8 Å². The van der Waals surface area contributed by atoms with E-state index in [-0.39, 0.29) is 30.7 Å². The first-order valence-corrected chi connectivity index (χ1v) is 15.3. The minimum absolute atomic E-state index is 0.0183. The molecule has 0 aromatic rings. The van der Waals surface area contributed by atoms with E-state index in [0.29, 0.717) is 25.8 Å². The molecule has 0 saturated heterocycles. The summed E-state index contributed by atoms with van der Waals surface area (Å²) < 4.78 is 0. The SMILES string of the molecule is CCCCCCCCCCCCCCCCCCCC(=O)NCCC(=O)N[C@@H](CCCN=C(N)N)C(N)=O. The molecular weight excluding hydrogens is 480 g/mol. The number of carbonyl (C=O) groups excluding carboxylic acids is 3. The van der Waals surface area contributed by atoms with E-state index < -0.39 is 11.9 Å². The monoisotopic (exact) mass is 538 g/mol. The van der Waals surface area contributed by atoms with Gasteiger partial charge in [0.05, 0.1) is 0 Å². The van der Waals surface area contributed by atoms with Crippen LogP contribution in [0.15, 0.2) is 4.99 Å². The van der Waals surface area contributed by atoms with Crippen molar-refractivity contribution in [1.29, 1.82) is 0 Å². The van der Waals surface area contributed by atoms with Crippen LogP contribution in [-0.4, -0.2) is 42.8 Å². The Balaban J connectivity index is 3.55. The lowest BCUT2D eigenvalue weighted by molar-refractivity contribution is -0.127. The lowest BCUT2D eigenvalue weighted by Crippen LogP contribution is -2.45. The van der Waals surface area contributed by atoms with Crippen molar-refractivity contribution in [2.45, 2.75) is 148 Å². The highest BCUT2D eigenvalue weighted by Gasteiger charge is 2.17. The molecule has 0 aliphatic carbocycles. The number of hydrogen-bond donors (Lipinski definition) is 5. The van der Waals surface area contributed by atoms with Crippen LogP contribution >= 0.6 is 0 Å². The van der Waals surface area contributed by atoms with Gasteiger partial charge in [0.15, 0.2) is 5.96 Å². The molecule has 1 atom stereocenters. The number of unbranched alkanes of at least 4 members (excludes halogenated alkanes) is 16. The van der Waals surface area contributed by atoms with Crippen LogP contribution in [-0.2, 0) is 14.4 Å². The van der Waals surface area contributed by atoms with Crippen LogP contribution in [0.25, 0.3) is 0 Å². The summed E-state index contributed by atoms with van der Waals surface area (Å²) in [6.45, 7) is 2.87. The first-order valence-electron chi connectivity index (χ1n) is 15.3. The lowest BCUT2D eigenvalue weighted by atomic mass is 10.0. The van der Waals surface area contributed by atoms with E-state index in [4.69, 9.17) is 17.2 Å². The summed E-state index contributed by atoms with van der Waals surface area (Å²) in [6.07, 6.45) is 23.7. The van der Waals surface area contributed by atoms with Crippen molar-refractivity contribution in [1.82, 2.24) is 10.6 Å². The normalized spacial score (nSPS) is 11.6. The number of nitrogens with zero attached hydrogens (tertiary/aromatic N) is 1. The quantitative estimate of drug-likeness (QED) is 0.0586. The van der Waals surface area contributed by atoms with Crippen molar-refractivity contribution in [3.63, 3.8) is 0 Å². The Morgan fingerprint density at radius 2 is 1.11 bits per heavy atom. The fraction of sp³-hybridized carbons (Fsp3) is 0.862. The molecule has 0 radical (unpaired) electrons. The molecule has 0 aliphatic rings. The highest BCUT2D eigenvalue weighted by molar-refractivity contribution is 5.86. The van der Waals surface area contributed by atoms with Crippen LogP contribution in [0.3, 0.4) is 0 Å². The Morgan fingerprint density at radius 3 is 1.55 bits per heavy atom. The zero-order valence-corrected chi connectivity index (χ0v) is 24.2. The molecule has 9 heteroatoms. The first-order chi connectivity index (χ1) is 18.4. The number of primary amides is 1. The third-order valence-electron chi connectivity index (χ3n) is 6.81. The molecule has 0 aromatic carbocycles. The number of hydrogen-bond acceptors (Lipinski definition) is 4. The number of amides is 3. The average molecular weight is 539 g/mol. The van der Waals surface area contributed by atoms with Gasteiger partial charge in [0, 0.05) is 25.9 Å². The zero-order chi connectivity index (χ0) is 28.3. The van der Waals surface area contributed by atoms with Crippen LogP contribution in [0, 0.1) is 0 Å². The number of nitrogens with one attached hydrogen (secondary N) is 2. The van der Waals surface area contributed by atoms with Gasteiger partial charge in [-0.05, 0) is 19.3 Å². The summed E-state index contributed by atoms with van der Waals surface area (Å²) in [5.41, 5.74) is 15.9. The van der Waals surface area contributed by atoms with Crippen molar-refractivity contribution < 1.29 is 14.4 Å². The number of aliphatic imine (C=N–C) groups is 1. The van der Waals surface area contributed by atoms with Gasteiger partial charge in [0.25, 0.3) is 0 Å². The van der Waals surface area contributed by atoms with E-state index in [1.54, 1.807) is 0 Å². The second-order valence-electron chi connectivity index (χ2n) is 10.5. The number of rotatable bonds is 27. The van der Waals surface area contributed by atoms with E-state index in [9.17, 15) is 14.4 Å². The highest BCUT2D eigenvalue weighted by atomic mass is 16.2. The third-order valence-corrected chi connectivity index (χ3v) is 6.81. The fourth-order valence-electron chi connectivity index (χ4n) is 4.47. The van der Waals surface area contributed by atoms with E-state index in [0.717, 1.165) is 12.8 Å². The van der Waals surface area contributed by atoms with Crippen LogP contribution in [0.2, 0.25) is 0 Å². The molecule has 0 fully saturated rings. The summed E-state index contributed by atoms with van der Waals surface area (Å²) in [5, 5.41) is 5.38. The van der Waals surface area contributed by atoms with Gasteiger partial charge in [-0.3, -0.25) is 19.4 Å². The molecule has 0 bridgehead atoms. The van der Waals surface area contributed by atoms with Crippen molar-refractivity contribution in [2.75, 3.05) is 13.1 Å². The summed E-state index contributed by atoms with van der Waals surface area (Å²) in [7, 11) is 0. The van der Waals surface area contributed by atoms with Gasteiger partial charge in [0.2, 0.25) is 17.7 Å². The van der Waals surface area contributed by atoms with Gasteiger partial charge >= 0.3 is 0 Å². The second kappa shape index (κ2) is 26.3. The molecule has 0 aliphatic heterocycles. The molecule has 0 unspecified atom stereocenters. The van der Waals surface area contributed by atoms with Gasteiger partial charge in [-0.1, -0.05) is 110 Å². The summed E-state index contributed by atoms with van der Waals surface area (Å²) in [5.74, 6) is -0.989. The fourth-order valence-corrected chi connectivity index (χ4v) is 4.47. The predicted molar refractivity (Wildman–Crippen MR) is 157 cm³/mol. The summed E-state index contributed by atoms with van der Waals surface area (Å²) >= 11 is 0. The Bertz CT molecular complexity index is 638. The van der Waals surface area contributed by atoms with Gasteiger partial charge in [0.1, 0.15) is 6.04 Å². The minimum Gasteiger partial charge on any atom is -0.370 e. The van der Waals surface area contributed by atoms with Crippen LogP contribution in [0.4, 0.5) is 0 Å². The summed E-state index contributed by atoms with van der Waals surface area (Å²) in [6, 6.07) is -0.776. The zero-order valence-electron chi connectivity index (χ0n) is 24.2. The first kappa shape index (κ1) is 35.7. The minimum atomic E-state index is -0.776. The molecule has 0 spiro atoms.